The summed E-state index contributed by atoms with van der Waals surface area (Å²) in [5, 5.41) is 11.5. The van der Waals surface area contributed by atoms with Crippen molar-refractivity contribution in [2.75, 3.05) is 23.4 Å². The highest BCUT2D eigenvalue weighted by Crippen LogP contribution is 2.31. The summed E-state index contributed by atoms with van der Waals surface area (Å²) in [6, 6.07) is 9.89. The van der Waals surface area contributed by atoms with Crippen LogP contribution in [0.5, 0.6) is 0 Å². The standard InChI is InChI=1S/C19H17N7O/c1-2-14(13-20-5-1)22-16-12-18(25-8-10-27-11-9-25)23-19-15(16)4-7-26(19)17-3-6-21-24-17/h1-8,10,12-13H,9,11H2,(H,21,24)(H,22,23). The van der Waals surface area contributed by atoms with Crippen molar-refractivity contribution in [1.29, 1.82) is 0 Å². The summed E-state index contributed by atoms with van der Waals surface area (Å²) >= 11 is 0. The minimum absolute atomic E-state index is 0.628. The lowest BCUT2D eigenvalue weighted by molar-refractivity contribution is 0.245. The average molecular weight is 359 g/mol. The minimum atomic E-state index is 0.628. The van der Waals surface area contributed by atoms with Gasteiger partial charge in [0.25, 0.3) is 0 Å². The third-order valence-corrected chi connectivity index (χ3v) is 4.41. The van der Waals surface area contributed by atoms with E-state index in [2.05, 4.69) is 25.4 Å². The van der Waals surface area contributed by atoms with Crippen molar-refractivity contribution in [1.82, 2.24) is 24.7 Å². The molecule has 0 bridgehead atoms. The molecule has 8 nitrogen and oxygen atoms in total. The van der Waals surface area contributed by atoms with Crippen LogP contribution in [0, 0.1) is 0 Å². The van der Waals surface area contributed by atoms with Gasteiger partial charge in [-0.2, -0.15) is 5.10 Å². The molecule has 134 valence electrons. The maximum Gasteiger partial charge on any atom is 0.150 e. The molecule has 0 saturated carbocycles. The van der Waals surface area contributed by atoms with Crippen molar-refractivity contribution in [3.63, 3.8) is 0 Å². The van der Waals surface area contributed by atoms with E-state index in [4.69, 9.17) is 9.72 Å². The lowest BCUT2D eigenvalue weighted by Crippen LogP contribution is -2.25. The molecule has 0 fully saturated rings. The maximum absolute atomic E-state index is 5.31. The number of ether oxygens (including phenoxy) is 1. The molecule has 1 aliphatic rings. The molecular weight excluding hydrogens is 342 g/mol. The Bertz CT molecular complexity index is 1090. The quantitative estimate of drug-likeness (QED) is 0.582. The maximum atomic E-state index is 5.31. The summed E-state index contributed by atoms with van der Waals surface area (Å²) in [5.41, 5.74) is 2.71. The number of rotatable bonds is 4. The van der Waals surface area contributed by atoms with Crippen LogP contribution >= 0.6 is 0 Å². The molecule has 0 aliphatic carbocycles. The number of aromatic amines is 1. The number of H-pyrrole nitrogens is 1. The van der Waals surface area contributed by atoms with Crippen LogP contribution in [0.1, 0.15) is 0 Å². The number of hydrogen-bond acceptors (Lipinski definition) is 6. The molecule has 0 atom stereocenters. The second-order valence-electron chi connectivity index (χ2n) is 6.11. The molecule has 0 radical (unpaired) electrons. The van der Waals surface area contributed by atoms with Gasteiger partial charge in [0.2, 0.25) is 0 Å². The number of nitrogens with zero attached hydrogens (tertiary/aromatic N) is 5. The van der Waals surface area contributed by atoms with E-state index in [0.717, 1.165) is 40.6 Å². The van der Waals surface area contributed by atoms with E-state index in [1.807, 2.05) is 47.3 Å². The van der Waals surface area contributed by atoms with Crippen LogP contribution in [-0.2, 0) is 4.74 Å². The average Bonchev–Trinajstić information content (AvgIpc) is 3.39. The lowest BCUT2D eigenvalue weighted by Gasteiger charge is -2.23. The van der Waals surface area contributed by atoms with Crippen molar-refractivity contribution >= 4 is 28.2 Å². The molecule has 0 amide bonds. The Hall–Kier alpha value is -3.81. The first kappa shape index (κ1) is 15.4. The molecule has 1 aliphatic heterocycles. The molecule has 5 heterocycles. The van der Waals surface area contributed by atoms with Gasteiger partial charge in [-0.05, 0) is 18.2 Å². The molecule has 2 N–H and O–H groups in total. The lowest BCUT2D eigenvalue weighted by atomic mass is 10.2. The van der Waals surface area contributed by atoms with Gasteiger partial charge in [-0.1, -0.05) is 0 Å². The Kier molecular flexibility index (Phi) is 3.71. The van der Waals surface area contributed by atoms with Crippen molar-refractivity contribution in [3.05, 3.63) is 67.6 Å². The molecule has 5 rings (SSSR count). The molecule has 8 heteroatoms. The number of nitrogens with one attached hydrogen (secondary N) is 2. The van der Waals surface area contributed by atoms with E-state index in [1.54, 1.807) is 24.9 Å². The van der Waals surface area contributed by atoms with Gasteiger partial charge in [0.15, 0.2) is 0 Å². The van der Waals surface area contributed by atoms with Crippen LogP contribution in [0.4, 0.5) is 17.2 Å². The van der Waals surface area contributed by atoms with Gasteiger partial charge < -0.3 is 15.0 Å². The van der Waals surface area contributed by atoms with E-state index in [-0.39, 0.29) is 0 Å². The monoisotopic (exact) mass is 359 g/mol. The summed E-state index contributed by atoms with van der Waals surface area (Å²) in [4.78, 5) is 11.2. The van der Waals surface area contributed by atoms with Gasteiger partial charge in [0.05, 0.1) is 36.6 Å². The normalized spacial score (nSPS) is 13.7. The Labute approximate surface area is 155 Å². The van der Waals surface area contributed by atoms with Gasteiger partial charge in [0, 0.05) is 36.1 Å². The zero-order chi connectivity index (χ0) is 18.1. The molecule has 27 heavy (non-hydrogen) atoms. The second-order valence-corrected chi connectivity index (χ2v) is 6.11. The third-order valence-electron chi connectivity index (χ3n) is 4.41. The number of fused-ring (bicyclic) bond motifs is 1. The molecular formula is C19H17N7O. The van der Waals surface area contributed by atoms with E-state index in [1.165, 1.54) is 0 Å². The van der Waals surface area contributed by atoms with Gasteiger partial charge in [-0.15, -0.1) is 0 Å². The summed E-state index contributed by atoms with van der Waals surface area (Å²) in [6.45, 7) is 1.37. The predicted octanol–water partition coefficient (Wildman–Crippen LogP) is 3.20. The van der Waals surface area contributed by atoms with Gasteiger partial charge in [0.1, 0.15) is 23.9 Å². The Morgan fingerprint density at radius 2 is 2.19 bits per heavy atom. The summed E-state index contributed by atoms with van der Waals surface area (Å²) in [6.07, 6.45) is 10.9. The van der Waals surface area contributed by atoms with Gasteiger partial charge >= 0.3 is 0 Å². The van der Waals surface area contributed by atoms with Crippen molar-refractivity contribution in [2.24, 2.45) is 0 Å². The van der Waals surface area contributed by atoms with Crippen molar-refractivity contribution in [3.8, 4) is 5.82 Å². The van der Waals surface area contributed by atoms with Crippen LogP contribution in [0.25, 0.3) is 16.9 Å². The Morgan fingerprint density at radius 1 is 1.19 bits per heavy atom. The predicted molar refractivity (Wildman–Crippen MR) is 103 cm³/mol. The zero-order valence-corrected chi connectivity index (χ0v) is 14.4. The molecule has 0 aromatic carbocycles. The van der Waals surface area contributed by atoms with Gasteiger partial charge in [-0.3, -0.25) is 14.6 Å². The number of anilines is 3. The first-order chi connectivity index (χ1) is 13.4. The number of aromatic nitrogens is 5. The highest BCUT2D eigenvalue weighted by Gasteiger charge is 2.16. The fraction of sp³-hybridized carbons (Fsp3) is 0.105. The molecule has 0 saturated heterocycles. The first-order valence-corrected chi connectivity index (χ1v) is 8.62. The molecule has 0 spiro atoms. The van der Waals surface area contributed by atoms with Crippen LogP contribution in [0.15, 0.2) is 67.6 Å². The Morgan fingerprint density at radius 3 is 2.96 bits per heavy atom. The van der Waals surface area contributed by atoms with E-state index < -0.39 is 0 Å². The largest absolute Gasteiger partial charge is 0.498 e. The summed E-state index contributed by atoms with van der Waals surface area (Å²) in [5.74, 6) is 1.70. The van der Waals surface area contributed by atoms with Crippen molar-refractivity contribution in [2.45, 2.75) is 0 Å². The van der Waals surface area contributed by atoms with Crippen LogP contribution < -0.4 is 10.2 Å². The summed E-state index contributed by atoms with van der Waals surface area (Å²) < 4.78 is 7.30. The number of hydrogen-bond donors (Lipinski definition) is 2. The topological polar surface area (TPSA) is 83.9 Å². The van der Waals surface area contributed by atoms with E-state index in [9.17, 15) is 0 Å². The molecule has 4 aromatic heterocycles. The fourth-order valence-electron chi connectivity index (χ4n) is 3.12. The van der Waals surface area contributed by atoms with Crippen molar-refractivity contribution < 1.29 is 4.74 Å². The highest BCUT2D eigenvalue weighted by molar-refractivity contribution is 5.94. The third kappa shape index (κ3) is 2.86. The van der Waals surface area contributed by atoms with Crippen LogP contribution in [-0.4, -0.2) is 37.9 Å². The second kappa shape index (κ2) is 6.49. The Balaban J connectivity index is 1.67. The smallest absolute Gasteiger partial charge is 0.150 e. The highest BCUT2D eigenvalue weighted by atomic mass is 16.5. The molecule has 0 unspecified atom stereocenters. The SMILES string of the molecule is C1=CN(c2cc(Nc3cccnc3)c3ccn(-c4ccn[nH]4)c3n2)CCO1. The fourth-order valence-corrected chi connectivity index (χ4v) is 3.12. The van der Waals surface area contributed by atoms with E-state index in [0.29, 0.717) is 6.61 Å². The van der Waals surface area contributed by atoms with Crippen LogP contribution in [0.3, 0.4) is 0 Å². The van der Waals surface area contributed by atoms with E-state index >= 15 is 0 Å². The van der Waals surface area contributed by atoms with Gasteiger partial charge in [-0.25, -0.2) is 4.98 Å². The minimum Gasteiger partial charge on any atom is -0.498 e. The molecule has 4 aromatic rings. The summed E-state index contributed by atoms with van der Waals surface area (Å²) in [7, 11) is 0. The zero-order valence-electron chi connectivity index (χ0n) is 14.4. The first-order valence-electron chi connectivity index (χ1n) is 8.62. The van der Waals surface area contributed by atoms with Crippen LogP contribution in [0.2, 0.25) is 0 Å². The number of pyridine rings is 2.